The summed E-state index contributed by atoms with van der Waals surface area (Å²) in [5.41, 5.74) is 9.36. The Bertz CT molecular complexity index is 889. The van der Waals surface area contributed by atoms with Crippen LogP contribution in [0, 0.1) is 6.92 Å². The molecule has 2 aromatic heterocycles. The number of carbonyl (C=O) groups is 1. The Morgan fingerprint density at radius 1 is 1.20 bits per heavy atom. The number of primary amides is 1. The molecule has 0 aliphatic heterocycles. The summed E-state index contributed by atoms with van der Waals surface area (Å²) in [6, 6.07) is 7.48. The zero-order valence-corrected chi connectivity index (χ0v) is 14.5. The number of nitrogens with zero attached hydrogens (tertiary/aromatic N) is 3. The van der Waals surface area contributed by atoms with Crippen molar-refractivity contribution in [3.05, 3.63) is 75.6 Å². The average Bonchev–Trinajstić information content (AvgIpc) is 2.97. The highest BCUT2D eigenvalue weighted by Crippen LogP contribution is 2.19. The van der Waals surface area contributed by atoms with Crippen molar-refractivity contribution >= 4 is 17.5 Å². The number of H-pyrrole nitrogens is 1. The molecule has 0 aliphatic carbocycles. The Hall–Kier alpha value is -2.73. The van der Waals surface area contributed by atoms with E-state index in [0.717, 1.165) is 17.0 Å². The predicted molar refractivity (Wildman–Crippen MR) is 95.5 cm³/mol. The Morgan fingerprint density at radius 2 is 1.96 bits per heavy atom. The third-order valence-electron chi connectivity index (χ3n) is 3.92. The van der Waals surface area contributed by atoms with Crippen molar-refractivity contribution in [1.29, 1.82) is 0 Å². The summed E-state index contributed by atoms with van der Waals surface area (Å²) in [4.78, 5) is 20.3. The minimum absolute atomic E-state index is 0.452. The van der Waals surface area contributed by atoms with E-state index in [2.05, 4.69) is 20.2 Å². The molecule has 0 bridgehead atoms. The van der Waals surface area contributed by atoms with Gasteiger partial charge in [0.2, 0.25) is 0 Å². The van der Waals surface area contributed by atoms with Gasteiger partial charge in [0.15, 0.2) is 0 Å². The van der Waals surface area contributed by atoms with Crippen LogP contribution >= 0.6 is 11.6 Å². The number of carbonyl (C=O) groups excluding carboxylic acids is 1. The first-order chi connectivity index (χ1) is 12.0. The molecular weight excluding hydrogens is 338 g/mol. The van der Waals surface area contributed by atoms with Crippen LogP contribution in [0.4, 0.5) is 0 Å². The van der Waals surface area contributed by atoms with E-state index in [1.807, 2.05) is 31.2 Å². The van der Waals surface area contributed by atoms with Gasteiger partial charge in [0.25, 0.3) is 5.91 Å². The molecule has 0 saturated heterocycles. The molecule has 3 rings (SSSR count). The molecular formula is C18H18ClN5O. The SMILES string of the molecule is Cc1ncc(CCc2n[nH]c(Cc3cccc(Cl)c3)c2C(N)=O)cn1. The van der Waals surface area contributed by atoms with Crippen molar-refractivity contribution in [2.45, 2.75) is 26.2 Å². The van der Waals surface area contributed by atoms with E-state index in [0.29, 0.717) is 41.2 Å². The van der Waals surface area contributed by atoms with Gasteiger partial charge in [-0.05, 0) is 43.0 Å². The minimum atomic E-state index is -0.485. The Kier molecular flexibility index (Phi) is 5.09. The van der Waals surface area contributed by atoms with Crippen LogP contribution < -0.4 is 5.73 Å². The fourth-order valence-electron chi connectivity index (χ4n) is 2.68. The number of amides is 1. The molecule has 0 saturated carbocycles. The number of nitrogens with one attached hydrogen (secondary N) is 1. The van der Waals surface area contributed by atoms with Crippen molar-refractivity contribution in [2.75, 3.05) is 0 Å². The molecule has 0 spiro atoms. The highest BCUT2D eigenvalue weighted by Gasteiger charge is 2.18. The molecule has 0 aliphatic rings. The molecule has 2 heterocycles. The summed E-state index contributed by atoms with van der Waals surface area (Å²) in [5, 5.41) is 7.88. The summed E-state index contributed by atoms with van der Waals surface area (Å²) >= 11 is 6.02. The summed E-state index contributed by atoms with van der Waals surface area (Å²) in [7, 11) is 0. The van der Waals surface area contributed by atoms with E-state index < -0.39 is 5.91 Å². The van der Waals surface area contributed by atoms with Crippen LogP contribution in [-0.4, -0.2) is 26.1 Å². The van der Waals surface area contributed by atoms with Gasteiger partial charge in [-0.1, -0.05) is 23.7 Å². The predicted octanol–water partition coefficient (Wildman–Crippen LogP) is 2.64. The number of rotatable bonds is 6. The highest BCUT2D eigenvalue weighted by atomic mass is 35.5. The van der Waals surface area contributed by atoms with Gasteiger partial charge in [0.1, 0.15) is 5.82 Å². The molecule has 6 nitrogen and oxygen atoms in total. The van der Waals surface area contributed by atoms with Gasteiger partial charge in [-0.25, -0.2) is 9.97 Å². The zero-order chi connectivity index (χ0) is 17.8. The average molecular weight is 356 g/mol. The standard InChI is InChI=1S/C18H18ClN5O/c1-11-21-9-13(10-22-11)5-6-15-17(18(20)25)16(24-23-15)8-12-3-2-4-14(19)7-12/h2-4,7,9-10H,5-6,8H2,1H3,(H2,20,25)(H,23,24). The van der Waals surface area contributed by atoms with Crippen LogP contribution in [0.1, 0.15) is 38.7 Å². The molecule has 0 fully saturated rings. The largest absolute Gasteiger partial charge is 0.365 e. The molecule has 1 aromatic carbocycles. The van der Waals surface area contributed by atoms with E-state index in [1.165, 1.54) is 0 Å². The quantitative estimate of drug-likeness (QED) is 0.710. The number of aromatic nitrogens is 4. The van der Waals surface area contributed by atoms with E-state index in [-0.39, 0.29) is 0 Å². The molecule has 3 aromatic rings. The molecule has 1 amide bonds. The topological polar surface area (TPSA) is 97.5 Å². The smallest absolute Gasteiger partial charge is 0.252 e. The Labute approximate surface area is 150 Å². The van der Waals surface area contributed by atoms with E-state index in [1.54, 1.807) is 12.4 Å². The third-order valence-corrected chi connectivity index (χ3v) is 4.15. The van der Waals surface area contributed by atoms with Gasteiger partial charge in [0, 0.05) is 23.8 Å². The van der Waals surface area contributed by atoms with Gasteiger partial charge < -0.3 is 5.73 Å². The fraction of sp³-hybridized carbons (Fsp3) is 0.222. The fourth-order valence-corrected chi connectivity index (χ4v) is 2.90. The number of hydrogen-bond donors (Lipinski definition) is 2. The van der Waals surface area contributed by atoms with Crippen molar-refractivity contribution in [2.24, 2.45) is 5.73 Å². The van der Waals surface area contributed by atoms with Crippen LogP contribution in [0.2, 0.25) is 5.02 Å². The van der Waals surface area contributed by atoms with Gasteiger partial charge in [-0.15, -0.1) is 0 Å². The molecule has 0 radical (unpaired) electrons. The normalized spacial score (nSPS) is 10.8. The monoisotopic (exact) mass is 355 g/mol. The molecule has 25 heavy (non-hydrogen) atoms. The number of benzene rings is 1. The number of halogens is 1. The van der Waals surface area contributed by atoms with Crippen LogP contribution in [0.25, 0.3) is 0 Å². The first-order valence-electron chi connectivity index (χ1n) is 7.91. The summed E-state index contributed by atoms with van der Waals surface area (Å²) in [6.45, 7) is 1.84. The van der Waals surface area contributed by atoms with Crippen LogP contribution in [-0.2, 0) is 19.3 Å². The maximum atomic E-state index is 11.9. The summed E-state index contributed by atoms with van der Waals surface area (Å²) in [5.74, 6) is 0.242. The zero-order valence-electron chi connectivity index (χ0n) is 13.8. The first kappa shape index (κ1) is 17.1. The second kappa shape index (κ2) is 7.44. The van der Waals surface area contributed by atoms with E-state index in [4.69, 9.17) is 17.3 Å². The minimum Gasteiger partial charge on any atom is -0.365 e. The van der Waals surface area contributed by atoms with Crippen molar-refractivity contribution in [3.63, 3.8) is 0 Å². The van der Waals surface area contributed by atoms with E-state index in [9.17, 15) is 4.79 Å². The maximum Gasteiger partial charge on any atom is 0.252 e. The van der Waals surface area contributed by atoms with Gasteiger partial charge >= 0.3 is 0 Å². The number of aryl methyl sites for hydroxylation is 3. The maximum absolute atomic E-state index is 11.9. The number of nitrogens with two attached hydrogens (primary N) is 1. The molecule has 7 heteroatoms. The molecule has 0 atom stereocenters. The second-order valence-corrected chi connectivity index (χ2v) is 6.27. The Balaban J connectivity index is 1.79. The molecule has 128 valence electrons. The molecule has 0 unspecified atom stereocenters. The molecule has 3 N–H and O–H groups in total. The number of hydrogen-bond acceptors (Lipinski definition) is 4. The number of aromatic amines is 1. The van der Waals surface area contributed by atoms with Crippen molar-refractivity contribution < 1.29 is 4.79 Å². The first-order valence-corrected chi connectivity index (χ1v) is 8.28. The van der Waals surface area contributed by atoms with Crippen LogP contribution in [0.3, 0.4) is 0 Å². The summed E-state index contributed by atoms with van der Waals surface area (Å²) in [6.07, 6.45) is 5.34. The van der Waals surface area contributed by atoms with Gasteiger partial charge in [0.05, 0.1) is 17.0 Å². The van der Waals surface area contributed by atoms with Crippen LogP contribution in [0.5, 0.6) is 0 Å². The van der Waals surface area contributed by atoms with Crippen LogP contribution in [0.15, 0.2) is 36.7 Å². The lowest BCUT2D eigenvalue weighted by atomic mass is 10.0. The van der Waals surface area contributed by atoms with Gasteiger partial charge in [-0.2, -0.15) is 5.10 Å². The van der Waals surface area contributed by atoms with Gasteiger partial charge in [-0.3, -0.25) is 9.89 Å². The lowest BCUT2D eigenvalue weighted by Crippen LogP contribution is -2.15. The van der Waals surface area contributed by atoms with Crippen molar-refractivity contribution in [1.82, 2.24) is 20.2 Å². The lowest BCUT2D eigenvalue weighted by molar-refractivity contribution is 0.0998. The Morgan fingerprint density at radius 3 is 2.64 bits per heavy atom. The van der Waals surface area contributed by atoms with Crippen molar-refractivity contribution in [3.8, 4) is 0 Å². The lowest BCUT2D eigenvalue weighted by Gasteiger charge is -2.04. The summed E-state index contributed by atoms with van der Waals surface area (Å²) < 4.78 is 0. The van der Waals surface area contributed by atoms with E-state index >= 15 is 0 Å². The second-order valence-electron chi connectivity index (χ2n) is 5.83. The highest BCUT2D eigenvalue weighted by molar-refractivity contribution is 6.30. The third kappa shape index (κ3) is 4.22.